The summed E-state index contributed by atoms with van der Waals surface area (Å²) in [6, 6.07) is 11.2. The van der Waals surface area contributed by atoms with Crippen LogP contribution in [0.4, 0.5) is 0 Å². The standard InChI is InChI=1S/C19H26N4S/c1-2-16-8-6-7-13-21(16)14-22-19(24)23(17-9-4-3-5-10-17)18(20-22)15-11-12-15/h3-5,9-10,15-16H,2,6-8,11-14H2,1H3/p+1/t16-/m0/s1. The quantitative estimate of drug-likeness (QED) is 0.845. The lowest BCUT2D eigenvalue weighted by Gasteiger charge is -2.31. The van der Waals surface area contributed by atoms with E-state index in [0.29, 0.717) is 5.92 Å². The molecule has 4 nitrogen and oxygen atoms in total. The number of hydrogen-bond acceptors (Lipinski definition) is 2. The first-order valence-electron chi connectivity index (χ1n) is 9.37. The monoisotopic (exact) mass is 343 g/mol. The average molecular weight is 344 g/mol. The van der Waals surface area contributed by atoms with Gasteiger partial charge in [0.2, 0.25) is 4.77 Å². The lowest BCUT2D eigenvalue weighted by atomic mass is 10.0. The number of aromatic nitrogens is 3. The van der Waals surface area contributed by atoms with E-state index in [1.165, 1.54) is 45.1 Å². The molecule has 0 spiro atoms. The van der Waals surface area contributed by atoms with Crippen molar-refractivity contribution in [2.75, 3.05) is 6.54 Å². The number of quaternary nitrogens is 1. The minimum atomic E-state index is 0.589. The molecule has 0 bridgehead atoms. The number of nitrogens with zero attached hydrogens (tertiary/aromatic N) is 3. The van der Waals surface area contributed by atoms with E-state index in [-0.39, 0.29) is 0 Å². The predicted octanol–water partition coefficient (Wildman–Crippen LogP) is 3.09. The topological polar surface area (TPSA) is 27.2 Å². The molecule has 4 rings (SSSR count). The van der Waals surface area contributed by atoms with Crippen molar-refractivity contribution in [3.8, 4) is 5.69 Å². The molecule has 1 aliphatic heterocycles. The van der Waals surface area contributed by atoms with Crippen LogP contribution in [0.2, 0.25) is 0 Å². The fraction of sp³-hybridized carbons (Fsp3) is 0.579. The van der Waals surface area contributed by atoms with Crippen LogP contribution < -0.4 is 4.90 Å². The number of nitrogens with one attached hydrogen (secondary N) is 1. The minimum absolute atomic E-state index is 0.589. The van der Waals surface area contributed by atoms with Crippen molar-refractivity contribution >= 4 is 12.2 Å². The van der Waals surface area contributed by atoms with Crippen LogP contribution in [-0.2, 0) is 6.67 Å². The highest BCUT2D eigenvalue weighted by Gasteiger charge is 2.32. The molecule has 2 aromatic rings. The van der Waals surface area contributed by atoms with E-state index in [1.54, 1.807) is 4.90 Å². The lowest BCUT2D eigenvalue weighted by molar-refractivity contribution is -0.953. The Kier molecular flexibility index (Phi) is 4.55. The molecule has 24 heavy (non-hydrogen) atoms. The molecule has 1 saturated heterocycles. The van der Waals surface area contributed by atoms with Crippen LogP contribution in [-0.4, -0.2) is 26.9 Å². The minimum Gasteiger partial charge on any atom is -0.314 e. The fourth-order valence-corrected chi connectivity index (χ4v) is 4.30. The summed E-state index contributed by atoms with van der Waals surface area (Å²) in [5.41, 5.74) is 1.15. The molecule has 1 unspecified atom stereocenters. The van der Waals surface area contributed by atoms with Gasteiger partial charge in [0.15, 0.2) is 6.67 Å². The Labute approximate surface area is 149 Å². The third-order valence-electron chi connectivity index (χ3n) is 5.54. The highest BCUT2D eigenvalue weighted by Crippen LogP contribution is 2.40. The van der Waals surface area contributed by atoms with Crippen molar-refractivity contribution in [1.29, 1.82) is 0 Å². The van der Waals surface area contributed by atoms with E-state index in [1.807, 2.05) is 0 Å². The number of rotatable bonds is 5. The van der Waals surface area contributed by atoms with Gasteiger partial charge in [0.05, 0.1) is 12.6 Å². The number of likely N-dealkylation sites (tertiary alicyclic amines) is 1. The molecular weight excluding hydrogens is 316 g/mol. The van der Waals surface area contributed by atoms with Gasteiger partial charge in [0, 0.05) is 11.6 Å². The molecule has 2 heterocycles. The number of para-hydroxylation sites is 1. The largest absolute Gasteiger partial charge is 0.314 e. The van der Waals surface area contributed by atoms with Gasteiger partial charge in [0.1, 0.15) is 5.82 Å². The first kappa shape index (κ1) is 16.0. The lowest BCUT2D eigenvalue weighted by Crippen LogP contribution is -3.15. The van der Waals surface area contributed by atoms with Gasteiger partial charge in [-0.15, -0.1) is 0 Å². The van der Waals surface area contributed by atoms with Crippen molar-refractivity contribution in [3.63, 3.8) is 0 Å². The predicted molar refractivity (Wildman–Crippen MR) is 98.1 cm³/mol. The Hall–Kier alpha value is -1.46. The average Bonchev–Trinajstić information content (AvgIpc) is 3.42. The molecule has 2 fully saturated rings. The normalized spacial score (nSPS) is 24.2. The molecule has 1 saturated carbocycles. The summed E-state index contributed by atoms with van der Waals surface area (Å²) in [5, 5.41) is 4.97. The van der Waals surface area contributed by atoms with E-state index in [0.717, 1.165) is 29.0 Å². The Bertz CT molecular complexity index is 744. The maximum atomic E-state index is 5.84. The van der Waals surface area contributed by atoms with Crippen molar-refractivity contribution in [3.05, 3.63) is 40.9 Å². The summed E-state index contributed by atoms with van der Waals surface area (Å²) in [6.45, 7) is 4.47. The van der Waals surface area contributed by atoms with Crippen LogP contribution in [0.5, 0.6) is 0 Å². The molecule has 1 N–H and O–H groups in total. The van der Waals surface area contributed by atoms with Crippen molar-refractivity contribution in [2.24, 2.45) is 0 Å². The van der Waals surface area contributed by atoms with E-state index in [2.05, 4.69) is 46.5 Å². The fourth-order valence-electron chi connectivity index (χ4n) is 4.00. The maximum absolute atomic E-state index is 5.84. The SMILES string of the molecule is CC[C@H]1CCCC[NH+]1Cn1nc(C2CC2)n(-c2ccccc2)c1=S. The van der Waals surface area contributed by atoms with Gasteiger partial charge in [-0.2, -0.15) is 9.78 Å². The van der Waals surface area contributed by atoms with E-state index < -0.39 is 0 Å². The van der Waals surface area contributed by atoms with Gasteiger partial charge in [-0.05, 0) is 62.9 Å². The van der Waals surface area contributed by atoms with Crippen molar-refractivity contribution in [2.45, 2.75) is 64.1 Å². The van der Waals surface area contributed by atoms with Crippen LogP contribution in [0.25, 0.3) is 5.69 Å². The van der Waals surface area contributed by atoms with E-state index >= 15 is 0 Å². The third kappa shape index (κ3) is 3.07. The van der Waals surface area contributed by atoms with Crippen LogP contribution in [0, 0.1) is 4.77 Å². The molecule has 1 aliphatic carbocycles. The number of benzene rings is 1. The summed E-state index contributed by atoms with van der Waals surface area (Å²) in [5.74, 6) is 1.75. The van der Waals surface area contributed by atoms with Crippen LogP contribution in [0.3, 0.4) is 0 Å². The van der Waals surface area contributed by atoms with Crippen LogP contribution in [0.15, 0.2) is 30.3 Å². The second kappa shape index (κ2) is 6.81. The molecule has 2 atom stereocenters. The molecule has 1 aromatic heterocycles. The summed E-state index contributed by atoms with van der Waals surface area (Å²) < 4.78 is 5.16. The third-order valence-corrected chi connectivity index (χ3v) is 5.94. The highest BCUT2D eigenvalue weighted by molar-refractivity contribution is 7.71. The zero-order valence-electron chi connectivity index (χ0n) is 14.4. The van der Waals surface area contributed by atoms with E-state index in [9.17, 15) is 0 Å². The molecule has 128 valence electrons. The number of piperidine rings is 1. The van der Waals surface area contributed by atoms with E-state index in [4.69, 9.17) is 17.3 Å². The second-order valence-electron chi connectivity index (χ2n) is 7.25. The van der Waals surface area contributed by atoms with Gasteiger partial charge >= 0.3 is 0 Å². The Morgan fingerprint density at radius 2 is 1.96 bits per heavy atom. The summed E-state index contributed by atoms with van der Waals surface area (Å²) >= 11 is 5.84. The molecule has 5 heteroatoms. The molecule has 0 amide bonds. The number of hydrogen-bond donors (Lipinski definition) is 1. The Morgan fingerprint density at radius 1 is 1.17 bits per heavy atom. The van der Waals surface area contributed by atoms with Crippen molar-refractivity contribution in [1.82, 2.24) is 14.3 Å². The highest BCUT2D eigenvalue weighted by atomic mass is 32.1. The van der Waals surface area contributed by atoms with Gasteiger partial charge in [-0.25, -0.2) is 0 Å². The molecule has 2 aliphatic rings. The zero-order chi connectivity index (χ0) is 16.5. The van der Waals surface area contributed by atoms with Gasteiger partial charge < -0.3 is 4.90 Å². The maximum Gasteiger partial charge on any atom is 0.207 e. The van der Waals surface area contributed by atoms with Gasteiger partial charge in [-0.1, -0.05) is 25.1 Å². The Morgan fingerprint density at radius 3 is 2.67 bits per heavy atom. The van der Waals surface area contributed by atoms with Gasteiger partial charge in [0.25, 0.3) is 0 Å². The van der Waals surface area contributed by atoms with Crippen molar-refractivity contribution < 1.29 is 4.90 Å². The summed E-state index contributed by atoms with van der Waals surface area (Å²) in [4.78, 5) is 1.65. The first-order valence-corrected chi connectivity index (χ1v) is 9.78. The molecule has 0 radical (unpaired) electrons. The van der Waals surface area contributed by atoms with Crippen LogP contribution >= 0.6 is 12.2 Å². The zero-order valence-corrected chi connectivity index (χ0v) is 15.3. The van der Waals surface area contributed by atoms with Crippen LogP contribution in [0.1, 0.15) is 57.2 Å². The summed E-state index contributed by atoms with van der Waals surface area (Å²) in [6.07, 6.45) is 7.78. The summed E-state index contributed by atoms with van der Waals surface area (Å²) in [7, 11) is 0. The smallest absolute Gasteiger partial charge is 0.207 e. The Balaban J connectivity index is 1.68. The second-order valence-corrected chi connectivity index (χ2v) is 7.62. The molecular formula is C19H27N4S+. The first-order chi connectivity index (χ1) is 11.8. The van der Waals surface area contributed by atoms with Gasteiger partial charge in [-0.3, -0.25) is 4.57 Å². The molecule has 1 aromatic carbocycles.